The van der Waals surface area contributed by atoms with E-state index in [0.717, 1.165) is 0 Å². The monoisotopic (exact) mass is 357 g/mol. The number of nitrogens with zero attached hydrogens (tertiary/aromatic N) is 1. The molecule has 0 heterocycles. The fourth-order valence-electron chi connectivity index (χ4n) is 2.06. The van der Waals surface area contributed by atoms with Gasteiger partial charge in [-0.15, -0.1) is 34.8 Å². The summed E-state index contributed by atoms with van der Waals surface area (Å²) in [6.45, 7) is 0. The Bertz CT molecular complexity index is 452. The molecular weight excluding hydrogens is 358 g/mol. The van der Waals surface area contributed by atoms with Crippen molar-refractivity contribution in [1.82, 2.24) is 0 Å². The number of hydrogen-bond donors (Lipinski definition) is 0. The average Bonchev–Trinajstić information content (AvgIpc) is 2.39. The van der Waals surface area contributed by atoms with Crippen molar-refractivity contribution in [1.29, 1.82) is 5.26 Å². The van der Waals surface area contributed by atoms with Gasteiger partial charge in [0.05, 0.1) is 16.1 Å². The molecule has 1 unspecified atom stereocenters. The van der Waals surface area contributed by atoms with E-state index in [2.05, 4.69) is 0 Å². The molecule has 2 bridgehead atoms. The van der Waals surface area contributed by atoms with Crippen molar-refractivity contribution in [2.24, 2.45) is 0 Å². The second kappa shape index (κ2) is 3.42. The summed E-state index contributed by atoms with van der Waals surface area (Å²) in [5.74, 6) is 0. The molecule has 1 fully saturated rings. The van der Waals surface area contributed by atoms with Crippen LogP contribution in [0.15, 0.2) is 10.1 Å². The molecule has 0 aliphatic heterocycles. The van der Waals surface area contributed by atoms with Crippen molar-refractivity contribution in [2.75, 3.05) is 0 Å². The van der Waals surface area contributed by atoms with Gasteiger partial charge in [0.1, 0.15) is 9.75 Å². The molecule has 0 aromatic heterocycles. The van der Waals surface area contributed by atoms with Crippen LogP contribution in [0.5, 0.6) is 0 Å². The van der Waals surface area contributed by atoms with Crippen molar-refractivity contribution in [3.63, 3.8) is 0 Å². The van der Waals surface area contributed by atoms with Gasteiger partial charge < -0.3 is 0 Å². The number of rotatable bonds is 0. The largest absolute Gasteiger partial charge is 0.196 e. The Morgan fingerprint density at radius 3 is 1.81 bits per heavy atom. The lowest BCUT2D eigenvalue weighted by Crippen LogP contribution is -2.49. The molecule has 2 rings (SSSR count). The smallest absolute Gasteiger partial charge is 0.169 e. The normalized spacial score (nSPS) is 49.6. The molecule has 1 saturated carbocycles. The SMILES string of the molecule is N#CC1(Cl)C[C@@]2(Cl)C(Cl)=C(Cl)[C@]1(Cl)C2(Cl)Cl. The number of allylic oxidation sites excluding steroid dienone is 2. The van der Waals surface area contributed by atoms with Gasteiger partial charge >= 0.3 is 0 Å². The summed E-state index contributed by atoms with van der Waals surface area (Å²) in [6.07, 6.45) is -0.0782. The van der Waals surface area contributed by atoms with Crippen LogP contribution in [-0.2, 0) is 0 Å². The molecule has 88 valence electrons. The molecule has 8 heteroatoms. The third-order valence-electron chi connectivity index (χ3n) is 2.98. The molecule has 0 saturated heterocycles. The molecule has 2 aliphatic carbocycles. The highest BCUT2D eigenvalue weighted by Gasteiger charge is 2.84. The summed E-state index contributed by atoms with van der Waals surface area (Å²) in [5.41, 5.74) is 0. The summed E-state index contributed by atoms with van der Waals surface area (Å²) in [5, 5.41) is 9.07. The Balaban J connectivity index is 2.81. The summed E-state index contributed by atoms with van der Waals surface area (Å²) < 4.78 is -1.74. The highest BCUT2D eigenvalue weighted by Crippen LogP contribution is 2.76. The first-order chi connectivity index (χ1) is 7.08. The Morgan fingerprint density at radius 2 is 1.50 bits per heavy atom. The molecule has 16 heavy (non-hydrogen) atoms. The number of halogens is 7. The van der Waals surface area contributed by atoms with Crippen molar-refractivity contribution >= 4 is 81.2 Å². The molecule has 0 N–H and O–H groups in total. The van der Waals surface area contributed by atoms with Crippen LogP contribution < -0.4 is 0 Å². The molecule has 2 aliphatic rings. The number of nitriles is 1. The minimum Gasteiger partial charge on any atom is -0.196 e. The average molecular weight is 360 g/mol. The quantitative estimate of drug-likeness (QED) is 0.574. The van der Waals surface area contributed by atoms with Crippen molar-refractivity contribution < 1.29 is 0 Å². The van der Waals surface area contributed by atoms with E-state index in [9.17, 15) is 0 Å². The van der Waals surface area contributed by atoms with Crippen LogP contribution in [-0.4, -0.2) is 19.0 Å². The molecular formula is C8H2Cl7N. The zero-order valence-electron chi connectivity index (χ0n) is 7.30. The fourth-order valence-corrected chi connectivity index (χ4v) is 5.50. The fraction of sp³-hybridized carbons (Fsp3) is 0.625. The van der Waals surface area contributed by atoms with Crippen LogP contribution in [0.1, 0.15) is 6.42 Å². The van der Waals surface area contributed by atoms with E-state index in [-0.39, 0.29) is 16.5 Å². The zero-order valence-corrected chi connectivity index (χ0v) is 12.6. The lowest BCUT2D eigenvalue weighted by atomic mass is 9.92. The van der Waals surface area contributed by atoms with Gasteiger partial charge in [-0.05, 0) is 0 Å². The first-order valence-electron chi connectivity index (χ1n) is 4.00. The van der Waals surface area contributed by atoms with Gasteiger partial charge in [-0.1, -0.05) is 46.4 Å². The Morgan fingerprint density at radius 1 is 1.00 bits per heavy atom. The van der Waals surface area contributed by atoms with Crippen molar-refractivity contribution in [3.8, 4) is 6.07 Å². The minimum atomic E-state index is -1.74. The topological polar surface area (TPSA) is 23.8 Å². The van der Waals surface area contributed by atoms with Crippen LogP contribution >= 0.6 is 81.2 Å². The Labute approximate surface area is 127 Å². The molecule has 1 nitrogen and oxygen atoms in total. The summed E-state index contributed by atoms with van der Waals surface area (Å²) in [7, 11) is 0. The molecule has 3 atom stereocenters. The lowest BCUT2D eigenvalue weighted by molar-refractivity contribution is 0.617. The van der Waals surface area contributed by atoms with E-state index < -0.39 is 19.0 Å². The standard InChI is InChI=1S/C8H2Cl7N/c9-3-4(10)7(13)5(11,2-16)1-6(3,12)8(7,14)15/h1H2/t5?,6-,7-/m1/s1. The van der Waals surface area contributed by atoms with Crippen molar-refractivity contribution in [3.05, 3.63) is 10.1 Å². The maximum Gasteiger partial charge on any atom is 0.169 e. The van der Waals surface area contributed by atoms with Gasteiger partial charge in [-0.2, -0.15) is 5.26 Å². The van der Waals surface area contributed by atoms with Gasteiger partial charge in [0.15, 0.2) is 9.21 Å². The summed E-state index contributed by atoms with van der Waals surface area (Å²) in [4.78, 5) is -4.73. The Kier molecular flexibility index (Phi) is 2.93. The van der Waals surface area contributed by atoms with Gasteiger partial charge in [-0.3, -0.25) is 0 Å². The highest BCUT2D eigenvalue weighted by molar-refractivity contribution is 6.67. The lowest BCUT2D eigenvalue weighted by Gasteiger charge is -2.34. The van der Waals surface area contributed by atoms with E-state index in [4.69, 9.17) is 86.5 Å². The van der Waals surface area contributed by atoms with Crippen LogP contribution in [0.4, 0.5) is 0 Å². The maximum atomic E-state index is 9.10. The van der Waals surface area contributed by atoms with E-state index in [1.54, 1.807) is 0 Å². The molecule has 0 aromatic carbocycles. The van der Waals surface area contributed by atoms with Crippen LogP contribution in [0.3, 0.4) is 0 Å². The zero-order chi connectivity index (χ0) is 12.6. The number of hydrogen-bond acceptors (Lipinski definition) is 1. The predicted molar refractivity (Wildman–Crippen MR) is 69.2 cm³/mol. The van der Waals surface area contributed by atoms with Crippen molar-refractivity contribution in [2.45, 2.75) is 25.4 Å². The van der Waals surface area contributed by atoms with E-state index in [1.807, 2.05) is 6.07 Å². The third kappa shape index (κ3) is 1.09. The second-order valence-electron chi connectivity index (χ2n) is 3.75. The van der Waals surface area contributed by atoms with Gasteiger partial charge in [0, 0.05) is 6.42 Å². The second-order valence-corrected chi connectivity index (χ2v) is 7.69. The number of fused-ring (bicyclic) bond motifs is 2. The predicted octanol–water partition coefficient (Wildman–Crippen LogP) is 4.72. The molecule has 0 radical (unpaired) electrons. The van der Waals surface area contributed by atoms with Crippen LogP contribution in [0.25, 0.3) is 0 Å². The Hall–Kier alpha value is 1.26. The van der Waals surface area contributed by atoms with E-state index in [0.29, 0.717) is 0 Å². The first kappa shape index (κ1) is 13.7. The summed E-state index contributed by atoms with van der Waals surface area (Å²) >= 11 is 42.7. The third-order valence-corrected chi connectivity index (χ3v) is 7.86. The van der Waals surface area contributed by atoms with Gasteiger partial charge in [-0.25, -0.2) is 0 Å². The van der Waals surface area contributed by atoms with E-state index in [1.165, 1.54) is 0 Å². The molecule has 0 amide bonds. The van der Waals surface area contributed by atoms with Gasteiger partial charge in [0.2, 0.25) is 0 Å². The van der Waals surface area contributed by atoms with Crippen LogP contribution in [0, 0.1) is 11.3 Å². The van der Waals surface area contributed by atoms with E-state index >= 15 is 0 Å². The van der Waals surface area contributed by atoms with Crippen LogP contribution in [0.2, 0.25) is 0 Å². The highest BCUT2D eigenvalue weighted by atomic mass is 35.5. The number of alkyl halides is 5. The summed E-state index contributed by atoms with van der Waals surface area (Å²) in [6, 6.07) is 1.85. The first-order valence-corrected chi connectivity index (χ1v) is 6.65. The minimum absolute atomic E-state index is 0.0439. The van der Waals surface area contributed by atoms with Gasteiger partial charge in [0.25, 0.3) is 0 Å². The maximum absolute atomic E-state index is 9.10. The molecule has 0 aromatic rings. The molecule has 0 spiro atoms.